The lowest BCUT2D eigenvalue weighted by molar-refractivity contribution is -0.167. The van der Waals surface area contributed by atoms with Gasteiger partial charge in [0.1, 0.15) is 13.2 Å². The second-order valence-electron chi connectivity index (χ2n) is 24.1. The van der Waals surface area contributed by atoms with Crippen LogP contribution in [0.5, 0.6) is 0 Å². The van der Waals surface area contributed by atoms with Crippen LogP contribution in [0.1, 0.15) is 374 Å². The van der Waals surface area contributed by atoms with Gasteiger partial charge in [-0.2, -0.15) is 0 Å². The number of ether oxygens (including phenoxy) is 3. The second kappa shape index (κ2) is 70.3. The predicted octanol–water partition coefficient (Wildman–Crippen LogP) is 24.8. The van der Waals surface area contributed by atoms with Crippen molar-refractivity contribution in [3.05, 3.63) is 72.9 Å². The summed E-state index contributed by atoms with van der Waals surface area (Å²) in [5.74, 6) is -0.869. The first kappa shape index (κ1) is 78.8. The molecule has 82 heavy (non-hydrogen) atoms. The van der Waals surface area contributed by atoms with Crippen molar-refractivity contribution in [2.24, 2.45) is 0 Å². The number of carbonyl (C=O) groups is 3. The molecule has 1 unspecified atom stereocenters. The van der Waals surface area contributed by atoms with Crippen LogP contribution in [0.4, 0.5) is 0 Å². The molecule has 0 fully saturated rings. The lowest BCUT2D eigenvalue weighted by atomic mass is 10.0. The van der Waals surface area contributed by atoms with Gasteiger partial charge in [0.25, 0.3) is 0 Å². The standard InChI is InChI=1S/C76H136O6/c1-4-7-10-13-16-19-22-25-28-31-34-36-38-40-42-45-48-51-54-57-60-63-66-69-75(78)81-72-73(71-80-74(77)68-65-62-59-56-53-50-47-44-33-30-27-24-21-18-15-12-9-6-3)82-76(79)70-67-64-61-58-55-52-49-46-43-41-39-37-35-32-29-26-23-20-17-14-11-8-5-2/h22-23,25-26,31-32,34-35,38-41,73H,4-21,24,27-30,33,36-37,42-72H2,1-3H3/b25-22-,26-23-,34-31-,35-32-,40-38-,41-39-. The SMILES string of the molecule is CCCCCCC/C=C\C/C=C\C/C=C\CCCCCCCCCCC(=O)OCC(COC(=O)CCCCCCCCCCCCCCCCCCCC)OC(=O)CCCCCCCCCC/C=C\C/C=C\C/C=C\CCCCCCC. The zero-order valence-electron chi connectivity index (χ0n) is 54.8. The number of rotatable bonds is 66. The summed E-state index contributed by atoms with van der Waals surface area (Å²) in [6.07, 6.45) is 92.0. The van der Waals surface area contributed by atoms with Crippen LogP contribution in [0.25, 0.3) is 0 Å². The van der Waals surface area contributed by atoms with E-state index in [0.29, 0.717) is 19.3 Å². The first-order valence-corrected chi connectivity index (χ1v) is 35.9. The highest BCUT2D eigenvalue weighted by Crippen LogP contribution is 2.18. The molecule has 0 bridgehead atoms. The minimum Gasteiger partial charge on any atom is -0.462 e. The number of carbonyl (C=O) groups excluding carboxylic acids is 3. The minimum atomic E-state index is -0.784. The number of hydrogen-bond donors (Lipinski definition) is 0. The van der Waals surface area contributed by atoms with E-state index in [1.54, 1.807) is 0 Å². The monoisotopic (exact) mass is 1150 g/mol. The molecule has 476 valence electrons. The van der Waals surface area contributed by atoms with Gasteiger partial charge < -0.3 is 14.2 Å². The van der Waals surface area contributed by atoms with E-state index in [4.69, 9.17) is 14.2 Å². The van der Waals surface area contributed by atoms with Crippen molar-refractivity contribution in [3.8, 4) is 0 Å². The van der Waals surface area contributed by atoms with Crippen molar-refractivity contribution < 1.29 is 28.6 Å². The fourth-order valence-corrected chi connectivity index (χ4v) is 10.5. The maximum absolute atomic E-state index is 13.0. The fraction of sp³-hybridized carbons (Fsp3) is 0.803. The highest BCUT2D eigenvalue weighted by atomic mass is 16.6. The van der Waals surface area contributed by atoms with E-state index < -0.39 is 6.10 Å². The zero-order valence-corrected chi connectivity index (χ0v) is 54.8. The second-order valence-corrected chi connectivity index (χ2v) is 24.1. The molecule has 0 spiro atoms. The van der Waals surface area contributed by atoms with E-state index in [1.807, 2.05) is 0 Å². The van der Waals surface area contributed by atoms with Crippen molar-refractivity contribution in [3.63, 3.8) is 0 Å². The third-order valence-corrected chi connectivity index (χ3v) is 15.9. The summed E-state index contributed by atoms with van der Waals surface area (Å²) >= 11 is 0. The van der Waals surface area contributed by atoms with Crippen LogP contribution in [0, 0.1) is 0 Å². The summed E-state index contributed by atoms with van der Waals surface area (Å²) in [7, 11) is 0. The van der Waals surface area contributed by atoms with E-state index in [1.165, 1.54) is 238 Å². The Morgan fingerprint density at radius 2 is 0.439 bits per heavy atom. The maximum atomic E-state index is 13.0. The van der Waals surface area contributed by atoms with Gasteiger partial charge in [-0.05, 0) is 96.3 Å². The van der Waals surface area contributed by atoms with E-state index in [9.17, 15) is 14.4 Å². The van der Waals surface area contributed by atoms with Crippen molar-refractivity contribution in [1.82, 2.24) is 0 Å². The van der Waals surface area contributed by atoms with Gasteiger partial charge in [-0.1, -0.05) is 331 Å². The first-order chi connectivity index (χ1) is 40.5. The largest absolute Gasteiger partial charge is 0.462 e. The molecule has 0 amide bonds. The Hall–Kier alpha value is -3.15. The van der Waals surface area contributed by atoms with Crippen LogP contribution in [0.3, 0.4) is 0 Å². The number of hydrogen-bond acceptors (Lipinski definition) is 6. The predicted molar refractivity (Wildman–Crippen MR) is 358 cm³/mol. The molecular weight excluding hydrogens is 1010 g/mol. The van der Waals surface area contributed by atoms with Crippen LogP contribution in [0.15, 0.2) is 72.9 Å². The van der Waals surface area contributed by atoms with Gasteiger partial charge in [0, 0.05) is 19.3 Å². The van der Waals surface area contributed by atoms with Crippen molar-refractivity contribution in [2.75, 3.05) is 13.2 Å². The quantitative estimate of drug-likeness (QED) is 0.0261. The minimum absolute atomic E-state index is 0.0773. The first-order valence-electron chi connectivity index (χ1n) is 35.9. The summed E-state index contributed by atoms with van der Waals surface area (Å²) in [5, 5.41) is 0. The summed E-state index contributed by atoms with van der Waals surface area (Å²) in [6, 6.07) is 0. The molecule has 0 saturated heterocycles. The molecule has 0 aliphatic carbocycles. The lowest BCUT2D eigenvalue weighted by Crippen LogP contribution is -2.30. The molecule has 0 rings (SSSR count). The van der Waals surface area contributed by atoms with Crippen LogP contribution in [0.2, 0.25) is 0 Å². The van der Waals surface area contributed by atoms with Gasteiger partial charge in [-0.25, -0.2) is 0 Å². The van der Waals surface area contributed by atoms with E-state index in [0.717, 1.165) is 96.3 Å². The average molecular weight is 1150 g/mol. The molecule has 1 atom stereocenters. The van der Waals surface area contributed by atoms with E-state index in [2.05, 4.69) is 93.7 Å². The Bertz CT molecular complexity index is 1500. The molecule has 0 aliphatic heterocycles. The van der Waals surface area contributed by atoms with Crippen LogP contribution >= 0.6 is 0 Å². The molecule has 6 nitrogen and oxygen atoms in total. The van der Waals surface area contributed by atoms with Gasteiger partial charge in [-0.3, -0.25) is 14.4 Å². The smallest absolute Gasteiger partial charge is 0.306 e. The molecular formula is C76H136O6. The highest BCUT2D eigenvalue weighted by Gasteiger charge is 2.19. The molecule has 0 heterocycles. The van der Waals surface area contributed by atoms with Gasteiger partial charge in [0.05, 0.1) is 0 Å². The summed E-state index contributed by atoms with van der Waals surface area (Å²) in [4.78, 5) is 38.5. The molecule has 6 heteroatoms. The van der Waals surface area contributed by atoms with Crippen molar-refractivity contribution >= 4 is 17.9 Å². The third-order valence-electron chi connectivity index (χ3n) is 15.9. The number of allylic oxidation sites excluding steroid dienone is 12. The fourth-order valence-electron chi connectivity index (χ4n) is 10.5. The zero-order chi connectivity index (χ0) is 59.2. The van der Waals surface area contributed by atoms with Crippen molar-refractivity contribution in [1.29, 1.82) is 0 Å². The molecule has 0 N–H and O–H groups in total. The number of unbranched alkanes of at least 4 members (excludes halogenated alkanes) is 43. The van der Waals surface area contributed by atoms with Gasteiger partial charge in [0.2, 0.25) is 0 Å². The summed E-state index contributed by atoms with van der Waals surface area (Å²) in [5.41, 5.74) is 0. The number of esters is 3. The van der Waals surface area contributed by atoms with Gasteiger partial charge in [-0.15, -0.1) is 0 Å². The molecule has 0 aromatic rings. The van der Waals surface area contributed by atoms with Crippen LogP contribution in [-0.4, -0.2) is 37.2 Å². The Balaban J connectivity index is 4.38. The summed E-state index contributed by atoms with van der Waals surface area (Å²) < 4.78 is 17.0. The normalized spacial score (nSPS) is 12.5. The lowest BCUT2D eigenvalue weighted by Gasteiger charge is -2.18. The maximum Gasteiger partial charge on any atom is 0.306 e. The Kier molecular flexibility index (Phi) is 67.6. The van der Waals surface area contributed by atoms with Crippen LogP contribution in [-0.2, 0) is 28.6 Å². The molecule has 0 aromatic heterocycles. The van der Waals surface area contributed by atoms with Gasteiger partial charge in [0.15, 0.2) is 6.10 Å². The van der Waals surface area contributed by atoms with Crippen molar-refractivity contribution in [2.45, 2.75) is 380 Å². The Morgan fingerprint density at radius 3 is 0.683 bits per heavy atom. The average Bonchev–Trinajstić information content (AvgIpc) is 3.47. The molecule has 0 aromatic carbocycles. The van der Waals surface area contributed by atoms with Gasteiger partial charge >= 0.3 is 17.9 Å². The van der Waals surface area contributed by atoms with E-state index in [-0.39, 0.29) is 31.1 Å². The highest BCUT2D eigenvalue weighted by molar-refractivity contribution is 5.71. The van der Waals surface area contributed by atoms with Crippen LogP contribution < -0.4 is 0 Å². The Morgan fingerprint density at radius 1 is 0.244 bits per heavy atom. The molecule has 0 radical (unpaired) electrons. The Labute approximate surface area is 510 Å². The molecule has 0 aliphatic rings. The topological polar surface area (TPSA) is 78.9 Å². The molecule has 0 saturated carbocycles. The summed E-state index contributed by atoms with van der Waals surface area (Å²) in [6.45, 7) is 6.67. The van der Waals surface area contributed by atoms with E-state index >= 15 is 0 Å². The third kappa shape index (κ3) is 67.6.